The molecule has 0 aromatic heterocycles. The zero-order valence-corrected chi connectivity index (χ0v) is 16.8. The lowest BCUT2D eigenvalue weighted by Gasteiger charge is -2.23. The van der Waals surface area contributed by atoms with Gasteiger partial charge in [-0.3, -0.25) is 9.59 Å². The van der Waals surface area contributed by atoms with Crippen LogP contribution in [0.3, 0.4) is 0 Å². The van der Waals surface area contributed by atoms with Gasteiger partial charge in [0.25, 0.3) is 5.91 Å². The standard InChI is InChI=1S/C23H28N2O4/c1-28-17-23(27)25(16-18-7-3-2-4-8-18)20-10-5-9-19(13-20)14-22(26)24-15-21-11-6-12-29-21/h2-5,7-10,13,21H,6,11-12,14-17H2,1H3,(H,24,26). The molecule has 6 nitrogen and oxygen atoms in total. The molecule has 154 valence electrons. The fourth-order valence-corrected chi connectivity index (χ4v) is 3.41. The third kappa shape index (κ3) is 6.41. The van der Waals surface area contributed by atoms with Gasteiger partial charge < -0.3 is 19.7 Å². The smallest absolute Gasteiger partial charge is 0.253 e. The van der Waals surface area contributed by atoms with Crippen molar-refractivity contribution in [1.82, 2.24) is 5.32 Å². The van der Waals surface area contributed by atoms with Crippen molar-refractivity contribution in [2.24, 2.45) is 0 Å². The first-order valence-electron chi connectivity index (χ1n) is 9.96. The number of amides is 2. The summed E-state index contributed by atoms with van der Waals surface area (Å²) >= 11 is 0. The molecule has 29 heavy (non-hydrogen) atoms. The van der Waals surface area contributed by atoms with Gasteiger partial charge in [-0.1, -0.05) is 42.5 Å². The molecule has 0 bridgehead atoms. The molecule has 2 amide bonds. The Labute approximate surface area is 171 Å². The predicted octanol–water partition coefficient (Wildman–Crippen LogP) is 2.70. The second-order valence-corrected chi connectivity index (χ2v) is 7.18. The Morgan fingerprint density at radius 1 is 1.14 bits per heavy atom. The molecule has 1 fully saturated rings. The lowest BCUT2D eigenvalue weighted by Crippen LogP contribution is -2.34. The normalized spacial score (nSPS) is 15.8. The number of hydrogen-bond donors (Lipinski definition) is 1. The van der Waals surface area contributed by atoms with E-state index in [1.165, 1.54) is 7.11 Å². The molecule has 2 aromatic rings. The molecule has 2 aromatic carbocycles. The minimum Gasteiger partial charge on any atom is -0.376 e. The highest BCUT2D eigenvalue weighted by atomic mass is 16.5. The Balaban J connectivity index is 1.67. The van der Waals surface area contributed by atoms with Gasteiger partial charge >= 0.3 is 0 Å². The third-order valence-corrected chi connectivity index (χ3v) is 4.89. The van der Waals surface area contributed by atoms with E-state index in [1.54, 1.807) is 4.90 Å². The van der Waals surface area contributed by atoms with Crippen molar-refractivity contribution in [3.05, 3.63) is 65.7 Å². The number of methoxy groups -OCH3 is 1. The molecule has 0 spiro atoms. The molecule has 0 radical (unpaired) electrons. The Kier molecular flexibility index (Phi) is 7.78. The van der Waals surface area contributed by atoms with Crippen molar-refractivity contribution in [2.75, 3.05) is 31.8 Å². The van der Waals surface area contributed by atoms with E-state index in [9.17, 15) is 9.59 Å². The molecule has 0 saturated carbocycles. The van der Waals surface area contributed by atoms with Gasteiger partial charge in [0, 0.05) is 25.9 Å². The summed E-state index contributed by atoms with van der Waals surface area (Å²) in [4.78, 5) is 26.6. The number of hydrogen-bond acceptors (Lipinski definition) is 4. The van der Waals surface area contributed by atoms with Crippen LogP contribution in [0.5, 0.6) is 0 Å². The van der Waals surface area contributed by atoms with E-state index in [4.69, 9.17) is 9.47 Å². The average Bonchev–Trinajstić information content (AvgIpc) is 3.25. The van der Waals surface area contributed by atoms with Crippen LogP contribution in [0.25, 0.3) is 0 Å². The van der Waals surface area contributed by atoms with Crippen LogP contribution in [0, 0.1) is 0 Å². The predicted molar refractivity (Wildman–Crippen MR) is 112 cm³/mol. The van der Waals surface area contributed by atoms with E-state index in [-0.39, 0.29) is 30.9 Å². The highest BCUT2D eigenvalue weighted by molar-refractivity contribution is 5.94. The van der Waals surface area contributed by atoms with Crippen LogP contribution < -0.4 is 10.2 Å². The number of nitrogens with zero attached hydrogens (tertiary/aromatic N) is 1. The number of nitrogens with one attached hydrogen (secondary N) is 1. The topological polar surface area (TPSA) is 67.9 Å². The summed E-state index contributed by atoms with van der Waals surface area (Å²) < 4.78 is 10.6. The van der Waals surface area contributed by atoms with E-state index in [2.05, 4.69) is 5.32 Å². The summed E-state index contributed by atoms with van der Waals surface area (Å²) in [5.74, 6) is -0.174. The Morgan fingerprint density at radius 3 is 2.66 bits per heavy atom. The number of rotatable bonds is 9. The van der Waals surface area contributed by atoms with Crippen LogP contribution in [0.15, 0.2) is 54.6 Å². The molecule has 1 saturated heterocycles. The largest absolute Gasteiger partial charge is 0.376 e. The molecular formula is C23H28N2O4. The van der Waals surface area contributed by atoms with Gasteiger partial charge in [-0.05, 0) is 36.1 Å². The summed E-state index contributed by atoms with van der Waals surface area (Å²) in [6.45, 7) is 1.76. The summed E-state index contributed by atoms with van der Waals surface area (Å²) in [6, 6.07) is 17.3. The highest BCUT2D eigenvalue weighted by Gasteiger charge is 2.18. The molecule has 1 heterocycles. The van der Waals surface area contributed by atoms with Crippen molar-refractivity contribution in [3.63, 3.8) is 0 Å². The van der Waals surface area contributed by atoms with E-state index >= 15 is 0 Å². The number of ether oxygens (including phenoxy) is 2. The molecule has 1 aliphatic heterocycles. The van der Waals surface area contributed by atoms with Crippen LogP contribution in [0.4, 0.5) is 5.69 Å². The summed E-state index contributed by atoms with van der Waals surface area (Å²) in [6.07, 6.45) is 2.43. The molecule has 3 rings (SSSR count). The number of carbonyl (C=O) groups excluding carboxylic acids is 2. The fraction of sp³-hybridized carbons (Fsp3) is 0.391. The maximum absolute atomic E-state index is 12.6. The van der Waals surface area contributed by atoms with Crippen LogP contribution in [0.1, 0.15) is 24.0 Å². The first-order chi connectivity index (χ1) is 14.2. The van der Waals surface area contributed by atoms with Gasteiger partial charge in [0.05, 0.1) is 19.1 Å². The second kappa shape index (κ2) is 10.7. The van der Waals surface area contributed by atoms with Crippen LogP contribution in [-0.4, -0.2) is 44.8 Å². The van der Waals surface area contributed by atoms with Gasteiger partial charge in [-0.2, -0.15) is 0 Å². The van der Waals surface area contributed by atoms with E-state index in [1.807, 2.05) is 54.6 Å². The summed E-state index contributed by atoms with van der Waals surface area (Å²) in [5.41, 5.74) is 2.63. The molecule has 6 heteroatoms. The van der Waals surface area contributed by atoms with Crippen molar-refractivity contribution >= 4 is 17.5 Å². The quantitative estimate of drug-likeness (QED) is 0.708. The molecule has 1 unspecified atom stereocenters. The molecule has 1 N–H and O–H groups in total. The van der Waals surface area contributed by atoms with Gasteiger partial charge in [0.15, 0.2) is 0 Å². The van der Waals surface area contributed by atoms with Crippen molar-refractivity contribution in [2.45, 2.75) is 31.9 Å². The zero-order chi connectivity index (χ0) is 20.5. The summed E-state index contributed by atoms with van der Waals surface area (Å²) in [5, 5.41) is 2.94. The molecule has 1 atom stereocenters. The average molecular weight is 396 g/mol. The summed E-state index contributed by atoms with van der Waals surface area (Å²) in [7, 11) is 1.51. The van der Waals surface area contributed by atoms with E-state index in [0.29, 0.717) is 13.1 Å². The maximum atomic E-state index is 12.6. The van der Waals surface area contributed by atoms with Crippen molar-refractivity contribution in [3.8, 4) is 0 Å². The van der Waals surface area contributed by atoms with Gasteiger partial charge in [-0.25, -0.2) is 0 Å². The molecular weight excluding hydrogens is 368 g/mol. The lowest BCUT2D eigenvalue weighted by molar-refractivity contribution is -0.122. The molecule has 1 aliphatic rings. The monoisotopic (exact) mass is 396 g/mol. The number of anilines is 1. The van der Waals surface area contributed by atoms with E-state index in [0.717, 1.165) is 36.3 Å². The number of benzene rings is 2. The minimum absolute atomic E-state index is 0.00106. The fourth-order valence-electron chi connectivity index (χ4n) is 3.41. The van der Waals surface area contributed by atoms with E-state index < -0.39 is 0 Å². The van der Waals surface area contributed by atoms with Gasteiger partial charge in [0.1, 0.15) is 6.61 Å². The van der Waals surface area contributed by atoms with Gasteiger partial charge in [0.2, 0.25) is 5.91 Å². The van der Waals surface area contributed by atoms with Gasteiger partial charge in [-0.15, -0.1) is 0 Å². The Hall–Kier alpha value is -2.70. The first kappa shape index (κ1) is 21.0. The Morgan fingerprint density at radius 2 is 1.93 bits per heavy atom. The zero-order valence-electron chi connectivity index (χ0n) is 16.8. The number of carbonyl (C=O) groups is 2. The highest BCUT2D eigenvalue weighted by Crippen LogP contribution is 2.20. The van der Waals surface area contributed by atoms with Crippen LogP contribution in [0.2, 0.25) is 0 Å². The van der Waals surface area contributed by atoms with Crippen molar-refractivity contribution < 1.29 is 19.1 Å². The SMILES string of the molecule is COCC(=O)N(Cc1ccccc1)c1cccc(CC(=O)NCC2CCCO2)c1. The van der Waals surface area contributed by atoms with Crippen molar-refractivity contribution in [1.29, 1.82) is 0 Å². The lowest BCUT2D eigenvalue weighted by atomic mass is 10.1. The Bertz CT molecular complexity index is 804. The molecule has 0 aliphatic carbocycles. The third-order valence-electron chi connectivity index (χ3n) is 4.89. The van der Waals surface area contributed by atoms with Crippen LogP contribution >= 0.6 is 0 Å². The minimum atomic E-state index is -0.128. The first-order valence-corrected chi connectivity index (χ1v) is 9.96. The van der Waals surface area contributed by atoms with Crippen LogP contribution in [-0.2, 0) is 32.0 Å². The maximum Gasteiger partial charge on any atom is 0.253 e. The second-order valence-electron chi connectivity index (χ2n) is 7.18.